The third-order valence-electron chi connectivity index (χ3n) is 4.84. The van der Waals surface area contributed by atoms with Crippen molar-refractivity contribution in [1.82, 2.24) is 9.97 Å². The monoisotopic (exact) mass is 526 g/mol. The summed E-state index contributed by atoms with van der Waals surface area (Å²) in [5.41, 5.74) is 1.70. The summed E-state index contributed by atoms with van der Waals surface area (Å²) in [4.78, 5) is 11.4. The molecule has 0 fully saturated rings. The molecule has 1 aromatic heterocycles. The minimum absolute atomic E-state index is 0.188. The Morgan fingerprint density at radius 1 is 0.867 bits per heavy atom. The number of anilines is 4. The van der Waals surface area contributed by atoms with Gasteiger partial charge in [-0.15, -0.1) is 0 Å². The van der Waals surface area contributed by atoms with Gasteiger partial charge in [0, 0.05) is 35.2 Å². The molecule has 0 amide bonds. The Labute approximate surface area is 187 Å². The fourth-order valence-corrected chi connectivity index (χ4v) is 3.33. The van der Waals surface area contributed by atoms with Crippen LogP contribution in [-0.4, -0.2) is 24.1 Å². The fourth-order valence-electron chi connectivity index (χ4n) is 2.97. The number of alkyl halides is 3. The van der Waals surface area contributed by atoms with Crippen molar-refractivity contribution in [3.63, 3.8) is 0 Å². The van der Waals surface area contributed by atoms with E-state index in [1.165, 1.54) is 10.5 Å². The van der Waals surface area contributed by atoms with Crippen LogP contribution >= 0.6 is 22.6 Å². The van der Waals surface area contributed by atoms with Gasteiger partial charge < -0.3 is 9.80 Å². The SMILES string of the molecule is CC(C)c1ccc(N(C)c2ncc(C(F)(F)F)c(N(C)c3ccc(I)cc3)n2)cc1. The lowest BCUT2D eigenvalue weighted by Crippen LogP contribution is -2.21. The summed E-state index contributed by atoms with van der Waals surface area (Å²) in [5, 5.41) is 0. The first-order chi connectivity index (χ1) is 14.1. The Morgan fingerprint density at radius 2 is 1.40 bits per heavy atom. The van der Waals surface area contributed by atoms with E-state index in [1.807, 2.05) is 36.4 Å². The van der Waals surface area contributed by atoms with Gasteiger partial charge in [-0.1, -0.05) is 26.0 Å². The molecule has 30 heavy (non-hydrogen) atoms. The summed E-state index contributed by atoms with van der Waals surface area (Å²) in [7, 11) is 3.31. The predicted octanol–water partition coefficient (Wildman–Crippen LogP) is 6.76. The van der Waals surface area contributed by atoms with Gasteiger partial charge in [0.1, 0.15) is 5.56 Å². The van der Waals surface area contributed by atoms with Crippen molar-refractivity contribution >= 4 is 45.7 Å². The van der Waals surface area contributed by atoms with Gasteiger partial charge in [-0.25, -0.2) is 4.98 Å². The van der Waals surface area contributed by atoms with Crippen molar-refractivity contribution < 1.29 is 13.2 Å². The molecule has 0 radical (unpaired) electrons. The molecular formula is C22H22F3IN4. The molecule has 0 aliphatic heterocycles. The number of hydrogen-bond acceptors (Lipinski definition) is 4. The molecule has 158 valence electrons. The minimum atomic E-state index is -4.57. The first-order valence-corrected chi connectivity index (χ1v) is 10.4. The lowest BCUT2D eigenvalue weighted by atomic mass is 10.0. The molecule has 0 unspecified atom stereocenters. The van der Waals surface area contributed by atoms with Crippen molar-refractivity contribution in [2.45, 2.75) is 25.9 Å². The van der Waals surface area contributed by atoms with Gasteiger partial charge in [-0.2, -0.15) is 18.2 Å². The first-order valence-electron chi connectivity index (χ1n) is 9.35. The molecule has 1 heterocycles. The number of hydrogen-bond donors (Lipinski definition) is 0. The van der Waals surface area contributed by atoms with Crippen LogP contribution in [-0.2, 0) is 6.18 Å². The molecule has 8 heteroatoms. The largest absolute Gasteiger partial charge is 0.421 e. The van der Waals surface area contributed by atoms with Gasteiger partial charge in [-0.3, -0.25) is 0 Å². The van der Waals surface area contributed by atoms with E-state index in [1.54, 1.807) is 31.1 Å². The maximum atomic E-state index is 13.6. The molecule has 0 aliphatic rings. The van der Waals surface area contributed by atoms with Gasteiger partial charge in [0.2, 0.25) is 5.95 Å². The Hall–Kier alpha value is -2.36. The first kappa shape index (κ1) is 22.3. The standard InChI is InChI=1S/C22H22F3IN4/c1-14(2)15-5-9-18(10-6-15)30(4)21-27-13-19(22(23,24)25)20(28-21)29(3)17-11-7-16(26)8-12-17/h5-14H,1-4H3. The summed E-state index contributed by atoms with van der Waals surface area (Å²) in [6.45, 7) is 4.20. The van der Waals surface area contributed by atoms with E-state index in [0.717, 1.165) is 15.5 Å². The highest BCUT2D eigenvalue weighted by atomic mass is 127. The Kier molecular flexibility index (Phi) is 6.54. The van der Waals surface area contributed by atoms with Crippen LogP contribution in [0.5, 0.6) is 0 Å². The topological polar surface area (TPSA) is 32.3 Å². The zero-order valence-electron chi connectivity index (χ0n) is 17.1. The van der Waals surface area contributed by atoms with Crippen LogP contribution in [0, 0.1) is 3.57 Å². The summed E-state index contributed by atoms with van der Waals surface area (Å²) in [6, 6.07) is 15.0. The van der Waals surface area contributed by atoms with Crippen molar-refractivity contribution in [2.75, 3.05) is 23.9 Å². The molecule has 0 saturated heterocycles. The van der Waals surface area contributed by atoms with E-state index in [-0.39, 0.29) is 11.8 Å². The highest BCUT2D eigenvalue weighted by Gasteiger charge is 2.37. The highest BCUT2D eigenvalue weighted by Crippen LogP contribution is 2.38. The number of nitrogens with zero attached hydrogens (tertiary/aromatic N) is 4. The van der Waals surface area contributed by atoms with Crippen molar-refractivity contribution in [1.29, 1.82) is 0 Å². The second-order valence-corrected chi connectivity index (χ2v) is 8.49. The van der Waals surface area contributed by atoms with Gasteiger partial charge in [0.15, 0.2) is 5.82 Å². The van der Waals surface area contributed by atoms with E-state index >= 15 is 0 Å². The summed E-state index contributed by atoms with van der Waals surface area (Å²) < 4.78 is 41.9. The zero-order chi connectivity index (χ0) is 22.1. The molecule has 4 nitrogen and oxygen atoms in total. The summed E-state index contributed by atoms with van der Waals surface area (Å²) >= 11 is 2.15. The molecule has 0 N–H and O–H groups in total. The van der Waals surface area contributed by atoms with Gasteiger partial charge in [0.25, 0.3) is 0 Å². The average molecular weight is 526 g/mol. The maximum Gasteiger partial charge on any atom is 0.421 e. The van der Waals surface area contributed by atoms with Crippen LogP contribution in [0.3, 0.4) is 0 Å². The Balaban J connectivity index is 2.02. The Morgan fingerprint density at radius 3 is 1.93 bits per heavy atom. The summed E-state index contributed by atoms with van der Waals surface area (Å²) in [5.74, 6) is 0.382. The lowest BCUT2D eigenvalue weighted by Gasteiger charge is -2.25. The van der Waals surface area contributed by atoms with E-state index in [4.69, 9.17) is 0 Å². The molecule has 0 aliphatic carbocycles. The van der Waals surface area contributed by atoms with E-state index < -0.39 is 11.7 Å². The number of benzene rings is 2. The molecule has 0 atom stereocenters. The normalized spacial score (nSPS) is 11.6. The van der Waals surface area contributed by atoms with Crippen LogP contribution in [0.15, 0.2) is 54.7 Å². The minimum Gasteiger partial charge on any atom is -0.329 e. The van der Waals surface area contributed by atoms with Crippen LogP contribution in [0.1, 0.15) is 30.9 Å². The maximum absolute atomic E-state index is 13.6. The quantitative estimate of drug-likeness (QED) is 0.344. The lowest BCUT2D eigenvalue weighted by molar-refractivity contribution is -0.137. The van der Waals surface area contributed by atoms with Gasteiger partial charge >= 0.3 is 6.18 Å². The predicted molar refractivity (Wildman–Crippen MR) is 123 cm³/mol. The molecule has 3 rings (SSSR count). The number of halogens is 4. The summed E-state index contributed by atoms with van der Waals surface area (Å²) in [6.07, 6.45) is -3.72. The molecule has 0 bridgehead atoms. The third kappa shape index (κ3) is 4.85. The van der Waals surface area contributed by atoms with E-state index in [0.29, 0.717) is 11.6 Å². The average Bonchev–Trinajstić information content (AvgIpc) is 2.72. The van der Waals surface area contributed by atoms with E-state index in [2.05, 4.69) is 46.4 Å². The third-order valence-corrected chi connectivity index (χ3v) is 5.56. The van der Waals surface area contributed by atoms with Crippen LogP contribution in [0.25, 0.3) is 0 Å². The highest BCUT2D eigenvalue weighted by molar-refractivity contribution is 14.1. The molecule has 3 aromatic rings. The molecule has 0 spiro atoms. The van der Waals surface area contributed by atoms with Crippen molar-refractivity contribution in [3.05, 3.63) is 69.4 Å². The number of rotatable bonds is 5. The molecule has 0 saturated carbocycles. The van der Waals surface area contributed by atoms with Crippen molar-refractivity contribution in [2.24, 2.45) is 0 Å². The van der Waals surface area contributed by atoms with Crippen molar-refractivity contribution in [3.8, 4) is 0 Å². The smallest absolute Gasteiger partial charge is 0.329 e. The molecule has 2 aromatic carbocycles. The van der Waals surface area contributed by atoms with Crippen LogP contribution < -0.4 is 9.80 Å². The van der Waals surface area contributed by atoms with Crippen LogP contribution in [0.4, 0.5) is 36.3 Å². The van der Waals surface area contributed by atoms with Gasteiger partial charge in [0.05, 0.1) is 0 Å². The van der Waals surface area contributed by atoms with E-state index in [9.17, 15) is 13.2 Å². The molecular weight excluding hydrogens is 504 g/mol. The fraction of sp³-hybridized carbons (Fsp3) is 0.273. The number of aromatic nitrogens is 2. The zero-order valence-corrected chi connectivity index (χ0v) is 19.2. The van der Waals surface area contributed by atoms with Crippen LogP contribution in [0.2, 0.25) is 0 Å². The Bertz CT molecular complexity index is 1000. The van der Waals surface area contributed by atoms with Gasteiger partial charge in [-0.05, 0) is 70.5 Å². The second kappa shape index (κ2) is 8.79. The second-order valence-electron chi connectivity index (χ2n) is 7.25.